The SMILES string of the molecule is COC(=O)[C@H](CCS(C)(=O)=O)NC(=O)c1ccccc1-c1ccc[nH]1. The molecule has 1 amide bonds. The summed E-state index contributed by atoms with van der Waals surface area (Å²) in [5.74, 6) is -1.39. The second-order valence-corrected chi connectivity index (χ2v) is 7.86. The Morgan fingerprint density at radius 3 is 2.52 bits per heavy atom. The highest BCUT2D eigenvalue weighted by Crippen LogP contribution is 2.22. The van der Waals surface area contributed by atoms with Crippen LogP contribution in [-0.4, -0.2) is 50.4 Å². The third-order valence-corrected chi connectivity index (χ3v) is 4.61. The van der Waals surface area contributed by atoms with Crippen molar-refractivity contribution in [3.63, 3.8) is 0 Å². The first kappa shape index (κ1) is 18.7. The summed E-state index contributed by atoms with van der Waals surface area (Å²) in [6.07, 6.45) is 2.76. The van der Waals surface area contributed by atoms with Gasteiger partial charge in [0.1, 0.15) is 15.9 Å². The van der Waals surface area contributed by atoms with E-state index >= 15 is 0 Å². The summed E-state index contributed by atoms with van der Waals surface area (Å²) in [5, 5.41) is 2.57. The van der Waals surface area contributed by atoms with Crippen LogP contribution in [0.3, 0.4) is 0 Å². The second-order valence-electron chi connectivity index (χ2n) is 5.60. The number of carbonyl (C=O) groups is 2. The van der Waals surface area contributed by atoms with E-state index < -0.39 is 27.8 Å². The maximum atomic E-state index is 12.6. The molecule has 0 aliphatic carbocycles. The van der Waals surface area contributed by atoms with E-state index in [9.17, 15) is 18.0 Å². The van der Waals surface area contributed by atoms with Gasteiger partial charge in [-0.05, 0) is 24.6 Å². The molecule has 0 saturated carbocycles. The molecule has 0 aliphatic rings. The van der Waals surface area contributed by atoms with E-state index in [1.54, 1.807) is 30.5 Å². The van der Waals surface area contributed by atoms with E-state index in [0.717, 1.165) is 11.9 Å². The first-order chi connectivity index (χ1) is 11.8. The molecule has 0 aliphatic heterocycles. The predicted octanol–water partition coefficient (Wildman–Crippen LogP) is 1.39. The molecule has 1 aromatic carbocycles. The van der Waals surface area contributed by atoms with Crippen molar-refractivity contribution in [2.75, 3.05) is 19.1 Å². The standard InChI is InChI=1S/C17H20N2O5S/c1-24-17(21)15(9-11-25(2,22)23)19-16(20)13-7-4-3-6-12(13)14-8-5-10-18-14/h3-8,10,15,18H,9,11H2,1-2H3,(H,19,20)/t15-/m0/s1. The van der Waals surface area contributed by atoms with Crippen molar-refractivity contribution in [1.82, 2.24) is 10.3 Å². The molecule has 134 valence electrons. The molecule has 1 heterocycles. The molecular weight excluding hydrogens is 344 g/mol. The fourth-order valence-electron chi connectivity index (χ4n) is 2.37. The molecule has 1 atom stereocenters. The van der Waals surface area contributed by atoms with Crippen LogP contribution in [0.1, 0.15) is 16.8 Å². The molecule has 2 N–H and O–H groups in total. The minimum absolute atomic E-state index is 0.0537. The van der Waals surface area contributed by atoms with Gasteiger partial charge in [-0.2, -0.15) is 0 Å². The molecule has 0 bridgehead atoms. The van der Waals surface area contributed by atoms with Crippen LogP contribution in [0.5, 0.6) is 0 Å². The Morgan fingerprint density at radius 2 is 1.92 bits per heavy atom. The van der Waals surface area contributed by atoms with Crippen molar-refractivity contribution in [2.45, 2.75) is 12.5 Å². The highest BCUT2D eigenvalue weighted by molar-refractivity contribution is 7.90. The molecule has 0 fully saturated rings. The molecule has 2 rings (SSSR count). The Kier molecular flexibility index (Phi) is 5.97. The van der Waals surface area contributed by atoms with Crippen LogP contribution in [0.25, 0.3) is 11.3 Å². The van der Waals surface area contributed by atoms with Gasteiger partial charge in [0.25, 0.3) is 5.91 Å². The van der Waals surface area contributed by atoms with Gasteiger partial charge in [0.15, 0.2) is 0 Å². The molecule has 0 radical (unpaired) electrons. The summed E-state index contributed by atoms with van der Waals surface area (Å²) in [6.45, 7) is 0. The van der Waals surface area contributed by atoms with Crippen LogP contribution in [-0.2, 0) is 19.4 Å². The summed E-state index contributed by atoms with van der Waals surface area (Å²) < 4.78 is 27.3. The number of H-pyrrole nitrogens is 1. The van der Waals surface area contributed by atoms with E-state index in [2.05, 4.69) is 15.0 Å². The summed E-state index contributed by atoms with van der Waals surface area (Å²) in [5.41, 5.74) is 1.81. The molecule has 0 saturated heterocycles. The van der Waals surface area contributed by atoms with Gasteiger partial charge >= 0.3 is 5.97 Å². The van der Waals surface area contributed by atoms with Crippen molar-refractivity contribution >= 4 is 21.7 Å². The van der Waals surface area contributed by atoms with Crippen molar-refractivity contribution in [2.24, 2.45) is 0 Å². The Morgan fingerprint density at radius 1 is 1.20 bits per heavy atom. The van der Waals surface area contributed by atoms with Crippen LogP contribution in [0, 0.1) is 0 Å². The number of aromatic amines is 1. The van der Waals surface area contributed by atoms with Crippen LogP contribution in [0.4, 0.5) is 0 Å². The fraction of sp³-hybridized carbons (Fsp3) is 0.294. The van der Waals surface area contributed by atoms with Crippen LogP contribution >= 0.6 is 0 Å². The number of hydrogen-bond donors (Lipinski definition) is 2. The van der Waals surface area contributed by atoms with Gasteiger partial charge in [-0.3, -0.25) is 4.79 Å². The normalized spacial score (nSPS) is 12.4. The highest BCUT2D eigenvalue weighted by atomic mass is 32.2. The number of methoxy groups -OCH3 is 1. The summed E-state index contributed by atoms with van der Waals surface area (Å²) >= 11 is 0. The average molecular weight is 364 g/mol. The zero-order chi connectivity index (χ0) is 18.4. The summed E-state index contributed by atoms with van der Waals surface area (Å²) in [4.78, 5) is 27.5. The van der Waals surface area contributed by atoms with Crippen LogP contribution in [0.2, 0.25) is 0 Å². The Hall–Kier alpha value is -2.61. The molecule has 7 nitrogen and oxygen atoms in total. The van der Waals surface area contributed by atoms with Gasteiger partial charge in [0.2, 0.25) is 0 Å². The largest absolute Gasteiger partial charge is 0.467 e. The molecule has 1 aromatic heterocycles. The lowest BCUT2D eigenvalue weighted by Gasteiger charge is -2.17. The fourth-order valence-corrected chi connectivity index (χ4v) is 3.04. The number of aromatic nitrogens is 1. The van der Waals surface area contributed by atoms with Crippen molar-refractivity contribution in [1.29, 1.82) is 0 Å². The third-order valence-electron chi connectivity index (χ3n) is 3.63. The Balaban J connectivity index is 2.23. The Bertz CT molecular complexity index is 844. The van der Waals surface area contributed by atoms with Gasteiger partial charge in [-0.25, -0.2) is 13.2 Å². The van der Waals surface area contributed by atoms with Crippen molar-refractivity contribution < 1.29 is 22.7 Å². The lowest BCUT2D eigenvalue weighted by Crippen LogP contribution is -2.42. The molecule has 2 aromatic rings. The average Bonchev–Trinajstić information content (AvgIpc) is 3.11. The minimum atomic E-state index is -3.27. The zero-order valence-corrected chi connectivity index (χ0v) is 14.8. The lowest BCUT2D eigenvalue weighted by atomic mass is 10.0. The van der Waals surface area contributed by atoms with Crippen molar-refractivity contribution in [3.8, 4) is 11.3 Å². The quantitative estimate of drug-likeness (QED) is 0.722. The number of amides is 1. The van der Waals surface area contributed by atoms with Gasteiger partial charge in [-0.15, -0.1) is 0 Å². The van der Waals surface area contributed by atoms with Gasteiger partial charge in [0, 0.05) is 29.3 Å². The molecule has 25 heavy (non-hydrogen) atoms. The topological polar surface area (TPSA) is 105 Å². The van der Waals surface area contributed by atoms with E-state index in [0.29, 0.717) is 11.1 Å². The number of rotatable bonds is 7. The number of nitrogens with one attached hydrogen (secondary N) is 2. The molecular formula is C17H20N2O5S. The summed E-state index contributed by atoms with van der Waals surface area (Å²) in [6, 6.07) is 9.53. The number of esters is 1. The first-order valence-electron chi connectivity index (χ1n) is 7.61. The maximum absolute atomic E-state index is 12.6. The van der Waals surface area contributed by atoms with Gasteiger partial charge in [0.05, 0.1) is 12.9 Å². The molecule has 8 heteroatoms. The van der Waals surface area contributed by atoms with E-state index in [-0.39, 0.29) is 12.2 Å². The number of ether oxygens (including phenoxy) is 1. The smallest absolute Gasteiger partial charge is 0.328 e. The summed E-state index contributed by atoms with van der Waals surface area (Å²) in [7, 11) is -2.08. The van der Waals surface area contributed by atoms with Gasteiger partial charge < -0.3 is 15.0 Å². The molecule has 0 unspecified atom stereocenters. The molecule has 0 spiro atoms. The monoisotopic (exact) mass is 364 g/mol. The Labute approximate surface area is 146 Å². The number of carbonyl (C=O) groups excluding carboxylic acids is 2. The number of benzene rings is 1. The van der Waals surface area contributed by atoms with Crippen molar-refractivity contribution in [3.05, 3.63) is 48.2 Å². The zero-order valence-electron chi connectivity index (χ0n) is 14.0. The van der Waals surface area contributed by atoms with E-state index in [1.807, 2.05) is 12.1 Å². The first-order valence-corrected chi connectivity index (χ1v) is 9.67. The lowest BCUT2D eigenvalue weighted by molar-refractivity contribution is -0.142. The maximum Gasteiger partial charge on any atom is 0.328 e. The minimum Gasteiger partial charge on any atom is -0.467 e. The van der Waals surface area contributed by atoms with Crippen LogP contribution in [0.15, 0.2) is 42.6 Å². The van der Waals surface area contributed by atoms with E-state index in [1.165, 1.54) is 7.11 Å². The van der Waals surface area contributed by atoms with Crippen LogP contribution < -0.4 is 5.32 Å². The van der Waals surface area contributed by atoms with E-state index in [4.69, 9.17) is 0 Å². The van der Waals surface area contributed by atoms with Gasteiger partial charge in [-0.1, -0.05) is 18.2 Å². The second kappa shape index (κ2) is 7.98. The highest BCUT2D eigenvalue weighted by Gasteiger charge is 2.24. The predicted molar refractivity (Wildman–Crippen MR) is 93.8 cm³/mol. The third kappa shape index (κ3) is 5.18. The number of sulfone groups is 1. The number of hydrogen-bond acceptors (Lipinski definition) is 5.